The molecule has 3 rings (SSSR count). The van der Waals surface area contributed by atoms with Crippen LogP contribution in [-0.2, 0) is 16.1 Å². The van der Waals surface area contributed by atoms with Crippen LogP contribution in [-0.4, -0.2) is 19.6 Å². The van der Waals surface area contributed by atoms with Gasteiger partial charge >= 0.3 is 0 Å². The van der Waals surface area contributed by atoms with Crippen molar-refractivity contribution < 1.29 is 14.3 Å². The fourth-order valence-electron chi connectivity index (χ4n) is 2.67. The van der Waals surface area contributed by atoms with E-state index in [0.29, 0.717) is 23.1 Å². The van der Waals surface area contributed by atoms with Crippen molar-refractivity contribution in [3.05, 3.63) is 83.4 Å². The first-order valence-electron chi connectivity index (χ1n) is 8.51. The number of carbonyl (C=O) groups is 1. The molecule has 0 spiro atoms. The van der Waals surface area contributed by atoms with Crippen molar-refractivity contribution in [2.75, 3.05) is 19.0 Å². The number of ether oxygens (including phenoxy) is 2. The first kappa shape index (κ1) is 19.0. The standard InChI is InChI=1S/C22H20ClNO3/c1-26-14-16-6-5-9-19(12-16)24-22(25)15-27-21-11-10-18(13-20(21)23)17-7-3-2-4-8-17/h2-13H,14-15H2,1H3,(H,24,25). The SMILES string of the molecule is COCc1cccc(NC(=O)COc2ccc(-c3ccccc3)cc2Cl)c1. The van der Waals surface area contributed by atoms with Gasteiger partial charge in [-0.3, -0.25) is 4.79 Å². The van der Waals surface area contributed by atoms with Gasteiger partial charge in [-0.15, -0.1) is 0 Å². The van der Waals surface area contributed by atoms with Crippen LogP contribution in [0.3, 0.4) is 0 Å². The Hall–Kier alpha value is -2.82. The van der Waals surface area contributed by atoms with Gasteiger partial charge in [0.15, 0.2) is 6.61 Å². The van der Waals surface area contributed by atoms with E-state index in [1.165, 1.54) is 0 Å². The van der Waals surface area contributed by atoms with E-state index in [9.17, 15) is 4.79 Å². The van der Waals surface area contributed by atoms with Crippen LogP contribution in [0.2, 0.25) is 5.02 Å². The summed E-state index contributed by atoms with van der Waals surface area (Å²) in [6.45, 7) is 0.364. The Bertz CT molecular complexity index is 912. The van der Waals surface area contributed by atoms with Gasteiger partial charge < -0.3 is 14.8 Å². The highest BCUT2D eigenvalue weighted by Crippen LogP contribution is 2.30. The minimum Gasteiger partial charge on any atom is -0.482 e. The molecule has 27 heavy (non-hydrogen) atoms. The van der Waals surface area contributed by atoms with Crippen LogP contribution in [0.1, 0.15) is 5.56 Å². The van der Waals surface area contributed by atoms with Crippen molar-refractivity contribution in [1.29, 1.82) is 0 Å². The van der Waals surface area contributed by atoms with E-state index < -0.39 is 0 Å². The fourth-order valence-corrected chi connectivity index (χ4v) is 2.91. The van der Waals surface area contributed by atoms with Crippen LogP contribution in [0, 0.1) is 0 Å². The lowest BCUT2D eigenvalue weighted by atomic mass is 10.1. The maximum absolute atomic E-state index is 12.1. The van der Waals surface area contributed by atoms with Crippen LogP contribution in [0.4, 0.5) is 5.69 Å². The van der Waals surface area contributed by atoms with E-state index in [0.717, 1.165) is 16.7 Å². The Kier molecular flexibility index (Phi) is 6.47. The number of benzene rings is 3. The molecule has 0 aliphatic heterocycles. The molecule has 3 aromatic carbocycles. The second-order valence-corrected chi connectivity index (χ2v) is 6.39. The molecular formula is C22H20ClNO3. The van der Waals surface area contributed by atoms with Crippen LogP contribution in [0.15, 0.2) is 72.8 Å². The third-order valence-corrected chi connectivity index (χ3v) is 4.21. The molecule has 0 saturated heterocycles. The first-order chi connectivity index (χ1) is 13.2. The smallest absolute Gasteiger partial charge is 0.262 e. The molecule has 138 valence electrons. The molecule has 0 bridgehead atoms. The lowest BCUT2D eigenvalue weighted by molar-refractivity contribution is -0.118. The van der Waals surface area contributed by atoms with Gasteiger partial charge in [-0.2, -0.15) is 0 Å². The first-order valence-corrected chi connectivity index (χ1v) is 8.89. The van der Waals surface area contributed by atoms with Gasteiger partial charge in [0.1, 0.15) is 5.75 Å². The molecule has 0 aromatic heterocycles. The number of rotatable bonds is 7. The Balaban J connectivity index is 1.59. The third-order valence-electron chi connectivity index (χ3n) is 3.92. The number of hydrogen-bond donors (Lipinski definition) is 1. The average Bonchev–Trinajstić information content (AvgIpc) is 2.68. The number of halogens is 1. The Morgan fingerprint density at radius 3 is 2.52 bits per heavy atom. The van der Waals surface area contributed by atoms with E-state index in [-0.39, 0.29) is 12.5 Å². The summed E-state index contributed by atoms with van der Waals surface area (Å²) in [5.74, 6) is 0.215. The zero-order valence-electron chi connectivity index (χ0n) is 14.9. The summed E-state index contributed by atoms with van der Waals surface area (Å²) in [5.41, 5.74) is 3.74. The number of carbonyl (C=O) groups excluding carboxylic acids is 1. The van der Waals surface area contributed by atoms with Crippen molar-refractivity contribution >= 4 is 23.2 Å². The molecule has 0 unspecified atom stereocenters. The summed E-state index contributed by atoms with van der Waals surface area (Å²) < 4.78 is 10.7. The third kappa shape index (κ3) is 5.33. The Labute approximate surface area is 163 Å². The molecule has 0 aliphatic carbocycles. The zero-order chi connectivity index (χ0) is 19.1. The molecule has 0 saturated carbocycles. The van der Waals surface area contributed by atoms with E-state index in [1.807, 2.05) is 66.7 Å². The van der Waals surface area contributed by atoms with Crippen molar-refractivity contribution in [2.24, 2.45) is 0 Å². The largest absolute Gasteiger partial charge is 0.482 e. The second-order valence-electron chi connectivity index (χ2n) is 5.98. The molecule has 0 heterocycles. The predicted octanol–water partition coefficient (Wildman–Crippen LogP) is 5.17. The monoisotopic (exact) mass is 381 g/mol. The minimum absolute atomic E-state index is 0.126. The predicted molar refractivity (Wildman–Crippen MR) is 108 cm³/mol. The highest BCUT2D eigenvalue weighted by atomic mass is 35.5. The molecule has 0 aliphatic rings. The molecule has 4 nitrogen and oxygen atoms in total. The number of nitrogens with one attached hydrogen (secondary N) is 1. The highest BCUT2D eigenvalue weighted by Gasteiger charge is 2.08. The van der Waals surface area contributed by atoms with Crippen molar-refractivity contribution in [1.82, 2.24) is 0 Å². The molecule has 1 N–H and O–H groups in total. The van der Waals surface area contributed by atoms with E-state index in [1.54, 1.807) is 13.2 Å². The number of hydrogen-bond acceptors (Lipinski definition) is 3. The number of methoxy groups -OCH3 is 1. The van der Waals surface area contributed by atoms with E-state index in [4.69, 9.17) is 21.1 Å². The van der Waals surface area contributed by atoms with Gasteiger partial charge in [0.25, 0.3) is 5.91 Å². The van der Waals surface area contributed by atoms with Gasteiger partial charge in [-0.25, -0.2) is 0 Å². The molecule has 5 heteroatoms. The maximum Gasteiger partial charge on any atom is 0.262 e. The number of amides is 1. The molecule has 1 amide bonds. The van der Waals surface area contributed by atoms with Crippen molar-refractivity contribution in [2.45, 2.75) is 6.61 Å². The lowest BCUT2D eigenvalue weighted by Gasteiger charge is -2.11. The summed E-state index contributed by atoms with van der Waals surface area (Å²) in [4.78, 5) is 12.1. The fraction of sp³-hybridized carbons (Fsp3) is 0.136. The average molecular weight is 382 g/mol. The van der Waals surface area contributed by atoms with E-state index >= 15 is 0 Å². The lowest BCUT2D eigenvalue weighted by Crippen LogP contribution is -2.20. The highest BCUT2D eigenvalue weighted by molar-refractivity contribution is 6.32. The Morgan fingerprint density at radius 2 is 1.78 bits per heavy atom. The van der Waals surface area contributed by atoms with Crippen LogP contribution >= 0.6 is 11.6 Å². The van der Waals surface area contributed by atoms with Gasteiger partial charge in [-0.1, -0.05) is 60.1 Å². The van der Waals surface area contributed by atoms with Gasteiger partial charge in [0, 0.05) is 12.8 Å². The molecule has 3 aromatic rings. The zero-order valence-corrected chi connectivity index (χ0v) is 15.7. The molecule has 0 fully saturated rings. The summed E-state index contributed by atoms with van der Waals surface area (Å²) in [6.07, 6.45) is 0. The van der Waals surface area contributed by atoms with Crippen molar-refractivity contribution in [3.63, 3.8) is 0 Å². The van der Waals surface area contributed by atoms with Crippen molar-refractivity contribution in [3.8, 4) is 16.9 Å². The summed E-state index contributed by atoms with van der Waals surface area (Å²) >= 11 is 6.31. The van der Waals surface area contributed by atoms with Crippen LogP contribution in [0.5, 0.6) is 5.75 Å². The van der Waals surface area contributed by atoms with Gasteiger partial charge in [-0.05, 0) is 41.0 Å². The summed E-state index contributed by atoms with van der Waals surface area (Å²) in [5, 5.41) is 3.27. The normalized spacial score (nSPS) is 10.4. The summed E-state index contributed by atoms with van der Waals surface area (Å²) in [7, 11) is 1.63. The molecule has 0 atom stereocenters. The quantitative estimate of drug-likeness (QED) is 0.614. The number of anilines is 1. The maximum atomic E-state index is 12.1. The Morgan fingerprint density at radius 1 is 0.963 bits per heavy atom. The van der Waals surface area contributed by atoms with Crippen LogP contribution in [0.25, 0.3) is 11.1 Å². The second kappa shape index (κ2) is 9.21. The van der Waals surface area contributed by atoms with Gasteiger partial charge in [0.05, 0.1) is 11.6 Å². The van der Waals surface area contributed by atoms with E-state index in [2.05, 4.69) is 5.32 Å². The minimum atomic E-state index is -0.257. The summed E-state index contributed by atoms with van der Waals surface area (Å²) in [6, 6.07) is 22.9. The van der Waals surface area contributed by atoms with Gasteiger partial charge in [0.2, 0.25) is 0 Å². The molecular weight excluding hydrogens is 362 g/mol. The molecule has 0 radical (unpaired) electrons. The van der Waals surface area contributed by atoms with Crippen LogP contribution < -0.4 is 10.1 Å². The topological polar surface area (TPSA) is 47.6 Å².